The second-order valence-corrected chi connectivity index (χ2v) is 3.77. The third-order valence-electron chi connectivity index (χ3n) is 1.94. The van der Waals surface area contributed by atoms with Crippen molar-refractivity contribution in [2.45, 2.75) is 6.42 Å². The second kappa shape index (κ2) is 5.56. The first kappa shape index (κ1) is 11.8. The summed E-state index contributed by atoms with van der Waals surface area (Å²) in [5, 5.41) is -0.115. The SMILES string of the molecule is COc1ccc(C(=O)CC(=O)SC)cc1. The molecule has 0 saturated carbocycles. The van der Waals surface area contributed by atoms with Crippen LogP contribution in [0.4, 0.5) is 0 Å². The molecular weight excluding hydrogens is 212 g/mol. The number of thioether (sulfide) groups is 1. The fourth-order valence-electron chi connectivity index (χ4n) is 1.08. The topological polar surface area (TPSA) is 43.4 Å². The molecule has 4 heteroatoms. The Morgan fingerprint density at radius 3 is 2.33 bits per heavy atom. The Morgan fingerprint density at radius 2 is 1.87 bits per heavy atom. The van der Waals surface area contributed by atoms with Crippen molar-refractivity contribution in [1.29, 1.82) is 0 Å². The van der Waals surface area contributed by atoms with Crippen molar-refractivity contribution < 1.29 is 14.3 Å². The average Bonchev–Trinajstić information content (AvgIpc) is 2.29. The minimum Gasteiger partial charge on any atom is -0.497 e. The normalized spacial score (nSPS) is 9.73. The Kier molecular flexibility index (Phi) is 4.37. The lowest BCUT2D eigenvalue weighted by Crippen LogP contribution is -2.04. The van der Waals surface area contributed by atoms with Crippen molar-refractivity contribution in [3.05, 3.63) is 29.8 Å². The molecule has 1 aromatic carbocycles. The molecule has 15 heavy (non-hydrogen) atoms. The van der Waals surface area contributed by atoms with Crippen LogP contribution in [-0.2, 0) is 4.79 Å². The van der Waals surface area contributed by atoms with Gasteiger partial charge < -0.3 is 4.74 Å². The van der Waals surface area contributed by atoms with Gasteiger partial charge in [0, 0.05) is 5.56 Å². The molecule has 0 heterocycles. The van der Waals surface area contributed by atoms with Crippen LogP contribution in [0.15, 0.2) is 24.3 Å². The zero-order chi connectivity index (χ0) is 11.3. The third kappa shape index (κ3) is 3.40. The van der Waals surface area contributed by atoms with E-state index in [9.17, 15) is 9.59 Å². The van der Waals surface area contributed by atoms with Crippen LogP contribution < -0.4 is 4.74 Å². The van der Waals surface area contributed by atoms with Crippen LogP contribution in [0.2, 0.25) is 0 Å². The summed E-state index contributed by atoms with van der Waals surface area (Å²) in [6, 6.07) is 6.73. The van der Waals surface area contributed by atoms with Crippen LogP contribution in [0.3, 0.4) is 0 Å². The van der Waals surface area contributed by atoms with Gasteiger partial charge in [0.15, 0.2) is 10.9 Å². The Balaban J connectivity index is 2.70. The van der Waals surface area contributed by atoms with Crippen molar-refractivity contribution >= 4 is 22.7 Å². The minimum absolute atomic E-state index is 0.0481. The number of carbonyl (C=O) groups is 2. The van der Waals surface area contributed by atoms with E-state index < -0.39 is 0 Å². The number of methoxy groups -OCH3 is 1. The first-order valence-corrected chi connectivity index (χ1v) is 5.64. The first-order valence-electron chi connectivity index (χ1n) is 4.41. The van der Waals surface area contributed by atoms with Crippen LogP contribution in [0.5, 0.6) is 5.75 Å². The van der Waals surface area contributed by atoms with Gasteiger partial charge in [0.25, 0.3) is 0 Å². The Hall–Kier alpha value is -1.29. The molecule has 0 spiro atoms. The summed E-state index contributed by atoms with van der Waals surface area (Å²) in [6.07, 6.45) is 1.62. The van der Waals surface area contributed by atoms with Gasteiger partial charge in [0.1, 0.15) is 5.75 Å². The molecule has 0 N–H and O–H groups in total. The highest BCUT2D eigenvalue weighted by Crippen LogP contribution is 2.13. The van der Waals surface area contributed by atoms with Crippen molar-refractivity contribution in [2.24, 2.45) is 0 Å². The molecule has 0 unspecified atom stereocenters. The van der Waals surface area contributed by atoms with Gasteiger partial charge in [-0.25, -0.2) is 0 Å². The number of hydrogen-bond acceptors (Lipinski definition) is 4. The summed E-state index contributed by atoms with van der Waals surface area (Å²) in [5.74, 6) is 0.541. The molecule has 1 aromatic rings. The fourth-order valence-corrected chi connectivity index (χ4v) is 1.36. The lowest BCUT2D eigenvalue weighted by Gasteiger charge is -2.01. The van der Waals surface area contributed by atoms with Crippen LogP contribution in [0.25, 0.3) is 0 Å². The van der Waals surface area contributed by atoms with E-state index in [-0.39, 0.29) is 17.3 Å². The van der Waals surface area contributed by atoms with E-state index in [4.69, 9.17) is 4.74 Å². The molecule has 0 aromatic heterocycles. The van der Waals surface area contributed by atoms with Crippen molar-refractivity contribution in [3.63, 3.8) is 0 Å². The maximum atomic E-state index is 11.5. The Labute approximate surface area is 92.8 Å². The Bertz CT molecular complexity index is 357. The van der Waals surface area contributed by atoms with E-state index >= 15 is 0 Å². The summed E-state index contributed by atoms with van der Waals surface area (Å²) in [6.45, 7) is 0. The van der Waals surface area contributed by atoms with Crippen LogP contribution in [-0.4, -0.2) is 24.3 Å². The molecule has 0 aliphatic carbocycles. The van der Waals surface area contributed by atoms with Gasteiger partial charge in [-0.05, 0) is 30.5 Å². The number of carbonyl (C=O) groups excluding carboxylic acids is 2. The van der Waals surface area contributed by atoms with E-state index in [0.717, 1.165) is 11.8 Å². The van der Waals surface area contributed by atoms with E-state index in [1.54, 1.807) is 37.6 Å². The molecule has 0 bridgehead atoms. The van der Waals surface area contributed by atoms with Crippen molar-refractivity contribution in [1.82, 2.24) is 0 Å². The van der Waals surface area contributed by atoms with Crippen LogP contribution in [0.1, 0.15) is 16.8 Å². The predicted octanol–water partition coefficient (Wildman–Crippen LogP) is 2.16. The van der Waals surface area contributed by atoms with Crippen LogP contribution >= 0.6 is 11.8 Å². The second-order valence-electron chi connectivity index (χ2n) is 2.90. The molecule has 80 valence electrons. The molecule has 1 rings (SSSR count). The lowest BCUT2D eigenvalue weighted by molar-refractivity contribution is -0.110. The highest BCUT2D eigenvalue weighted by molar-refractivity contribution is 8.13. The van der Waals surface area contributed by atoms with Crippen molar-refractivity contribution in [2.75, 3.05) is 13.4 Å². The summed E-state index contributed by atoms with van der Waals surface area (Å²) in [7, 11) is 1.56. The van der Waals surface area contributed by atoms with Gasteiger partial charge in [0.05, 0.1) is 13.5 Å². The van der Waals surface area contributed by atoms with E-state index in [1.807, 2.05) is 0 Å². The predicted molar refractivity (Wildman–Crippen MR) is 60.5 cm³/mol. The maximum absolute atomic E-state index is 11.5. The first-order chi connectivity index (χ1) is 7.17. The molecular formula is C11H12O3S. The standard InChI is InChI=1S/C11H12O3S/c1-14-9-5-3-8(4-6-9)10(12)7-11(13)15-2/h3-6H,7H2,1-2H3. The summed E-state index contributed by atoms with van der Waals surface area (Å²) < 4.78 is 4.97. The third-order valence-corrected chi connectivity index (χ3v) is 2.54. The van der Waals surface area contributed by atoms with Crippen LogP contribution in [0, 0.1) is 0 Å². The molecule has 0 amide bonds. The number of ketones is 1. The zero-order valence-electron chi connectivity index (χ0n) is 8.65. The largest absolute Gasteiger partial charge is 0.497 e. The van der Waals surface area contributed by atoms with Crippen molar-refractivity contribution in [3.8, 4) is 5.75 Å². The lowest BCUT2D eigenvalue weighted by atomic mass is 10.1. The van der Waals surface area contributed by atoms with Gasteiger partial charge in [-0.15, -0.1) is 0 Å². The van der Waals surface area contributed by atoms with E-state index in [1.165, 1.54) is 0 Å². The molecule has 0 fully saturated rings. The van der Waals surface area contributed by atoms with Gasteiger partial charge in [-0.3, -0.25) is 9.59 Å². The minimum atomic E-state index is -0.156. The number of Topliss-reactive ketones (excluding diaryl/α,β-unsaturated/α-hetero) is 1. The van der Waals surface area contributed by atoms with Gasteiger partial charge in [-0.1, -0.05) is 11.8 Å². The smallest absolute Gasteiger partial charge is 0.196 e. The highest BCUT2D eigenvalue weighted by Gasteiger charge is 2.10. The zero-order valence-corrected chi connectivity index (χ0v) is 9.47. The number of ether oxygens (including phenoxy) is 1. The van der Waals surface area contributed by atoms with Gasteiger partial charge >= 0.3 is 0 Å². The van der Waals surface area contributed by atoms with E-state index in [0.29, 0.717) is 11.3 Å². The van der Waals surface area contributed by atoms with E-state index in [2.05, 4.69) is 0 Å². The fraction of sp³-hybridized carbons (Fsp3) is 0.273. The summed E-state index contributed by atoms with van der Waals surface area (Å²) in [4.78, 5) is 22.6. The number of benzene rings is 1. The number of hydrogen-bond donors (Lipinski definition) is 0. The molecule has 0 saturated heterocycles. The number of rotatable bonds is 4. The molecule has 0 aliphatic rings. The maximum Gasteiger partial charge on any atom is 0.196 e. The summed E-state index contributed by atoms with van der Waals surface area (Å²) >= 11 is 1.07. The Morgan fingerprint density at radius 1 is 1.27 bits per heavy atom. The molecule has 0 aliphatic heterocycles. The molecule has 0 atom stereocenters. The quantitative estimate of drug-likeness (QED) is 0.580. The molecule has 0 radical (unpaired) electrons. The monoisotopic (exact) mass is 224 g/mol. The van der Waals surface area contributed by atoms with Gasteiger partial charge in [-0.2, -0.15) is 0 Å². The highest BCUT2D eigenvalue weighted by atomic mass is 32.2. The van der Waals surface area contributed by atoms with Gasteiger partial charge in [0.2, 0.25) is 0 Å². The summed E-state index contributed by atoms with van der Waals surface area (Å²) in [5.41, 5.74) is 0.540. The molecule has 3 nitrogen and oxygen atoms in total. The average molecular weight is 224 g/mol.